The van der Waals surface area contributed by atoms with E-state index in [9.17, 15) is 14.0 Å². The molecule has 2 amide bonds. The van der Waals surface area contributed by atoms with Gasteiger partial charge in [-0.2, -0.15) is 0 Å². The third-order valence-electron chi connectivity index (χ3n) is 7.15. The molecule has 0 spiro atoms. The maximum atomic E-state index is 13.2. The highest BCUT2D eigenvalue weighted by Gasteiger charge is 2.31. The molecule has 6 nitrogen and oxygen atoms in total. The van der Waals surface area contributed by atoms with Crippen molar-refractivity contribution in [2.75, 3.05) is 56.0 Å². The van der Waals surface area contributed by atoms with Gasteiger partial charge in [-0.05, 0) is 61.6 Å². The molecule has 2 saturated heterocycles. The molecule has 0 atom stereocenters. The first-order chi connectivity index (χ1) is 17.1. The lowest BCUT2D eigenvalue weighted by atomic mass is 9.95. The summed E-state index contributed by atoms with van der Waals surface area (Å²) in [5.74, 6) is -0.0173. The molecule has 0 aromatic heterocycles. The van der Waals surface area contributed by atoms with Gasteiger partial charge in [0.25, 0.3) is 0 Å². The van der Waals surface area contributed by atoms with E-state index < -0.39 is 0 Å². The summed E-state index contributed by atoms with van der Waals surface area (Å²) in [4.78, 5) is 32.1. The molecule has 3 aromatic rings. The molecule has 7 heteroatoms. The van der Waals surface area contributed by atoms with E-state index >= 15 is 0 Å². The van der Waals surface area contributed by atoms with Gasteiger partial charge in [-0.1, -0.05) is 36.4 Å². The Morgan fingerprint density at radius 1 is 0.829 bits per heavy atom. The number of amides is 2. The fraction of sp³-hybridized carbons (Fsp3) is 0.357. The molecule has 182 valence electrons. The molecule has 1 N–H and O–H groups in total. The van der Waals surface area contributed by atoms with Gasteiger partial charge in [-0.25, -0.2) is 4.39 Å². The van der Waals surface area contributed by atoms with Crippen molar-refractivity contribution in [3.63, 3.8) is 0 Å². The standard InChI is InChI=1S/C28H31FN4O2/c29-23-8-10-24(11-9-23)32-16-18-33(19-17-32)28(35)22-12-14-31(15-13-22)20-27(34)30-26-7-3-5-21-4-1-2-6-25(21)26/h1-11,22H,12-20H2,(H,30,34). The van der Waals surface area contributed by atoms with E-state index in [4.69, 9.17) is 0 Å². The Bertz CT molecular complexity index is 1180. The normalized spacial score (nSPS) is 17.5. The van der Waals surface area contributed by atoms with E-state index in [0.29, 0.717) is 19.6 Å². The summed E-state index contributed by atoms with van der Waals surface area (Å²) in [5, 5.41) is 5.19. The van der Waals surface area contributed by atoms with E-state index in [0.717, 1.165) is 61.2 Å². The first kappa shape index (κ1) is 23.3. The van der Waals surface area contributed by atoms with Crippen LogP contribution in [0.15, 0.2) is 66.7 Å². The van der Waals surface area contributed by atoms with Gasteiger partial charge in [-0.15, -0.1) is 0 Å². The van der Waals surface area contributed by atoms with E-state index in [1.54, 1.807) is 12.1 Å². The van der Waals surface area contributed by atoms with Crippen LogP contribution < -0.4 is 10.2 Å². The number of nitrogens with zero attached hydrogens (tertiary/aromatic N) is 3. The van der Waals surface area contributed by atoms with Gasteiger partial charge >= 0.3 is 0 Å². The zero-order chi connectivity index (χ0) is 24.2. The summed E-state index contributed by atoms with van der Waals surface area (Å²) in [6, 6.07) is 20.5. The van der Waals surface area contributed by atoms with Crippen LogP contribution in [-0.4, -0.2) is 67.4 Å². The summed E-state index contributed by atoms with van der Waals surface area (Å²) in [6.45, 7) is 4.70. The number of hydrogen-bond donors (Lipinski definition) is 1. The lowest BCUT2D eigenvalue weighted by Gasteiger charge is -2.39. The second-order valence-electron chi connectivity index (χ2n) is 9.41. The maximum absolute atomic E-state index is 13.2. The van der Waals surface area contributed by atoms with Gasteiger partial charge < -0.3 is 15.1 Å². The van der Waals surface area contributed by atoms with Crippen LogP contribution in [-0.2, 0) is 9.59 Å². The molecule has 0 saturated carbocycles. The van der Waals surface area contributed by atoms with Crippen LogP contribution in [0.5, 0.6) is 0 Å². The predicted molar refractivity (Wildman–Crippen MR) is 137 cm³/mol. The van der Waals surface area contributed by atoms with Gasteiger partial charge in [0.1, 0.15) is 5.82 Å². The third kappa shape index (κ3) is 5.46. The topological polar surface area (TPSA) is 55.9 Å². The number of benzene rings is 3. The van der Waals surface area contributed by atoms with Crippen LogP contribution in [0.1, 0.15) is 12.8 Å². The molecular formula is C28H31FN4O2. The van der Waals surface area contributed by atoms with Crippen molar-refractivity contribution in [1.82, 2.24) is 9.80 Å². The minimum absolute atomic E-state index is 0.0183. The van der Waals surface area contributed by atoms with Crippen LogP contribution in [0.25, 0.3) is 10.8 Å². The minimum atomic E-state index is -0.236. The zero-order valence-corrected chi connectivity index (χ0v) is 19.8. The average Bonchev–Trinajstić information content (AvgIpc) is 2.89. The van der Waals surface area contributed by atoms with E-state index in [1.807, 2.05) is 47.4 Å². The van der Waals surface area contributed by atoms with Gasteiger partial charge in [-0.3, -0.25) is 14.5 Å². The molecule has 2 fully saturated rings. The van der Waals surface area contributed by atoms with Crippen LogP contribution in [0.2, 0.25) is 0 Å². The zero-order valence-electron chi connectivity index (χ0n) is 19.8. The molecule has 0 radical (unpaired) electrons. The van der Waals surface area contributed by atoms with Gasteiger partial charge in [0.2, 0.25) is 11.8 Å². The Morgan fingerprint density at radius 2 is 1.51 bits per heavy atom. The lowest BCUT2D eigenvalue weighted by Crippen LogP contribution is -2.52. The van der Waals surface area contributed by atoms with Crippen molar-refractivity contribution in [1.29, 1.82) is 0 Å². The molecule has 3 aromatic carbocycles. The summed E-state index contributed by atoms with van der Waals surface area (Å²) < 4.78 is 13.2. The number of piperazine rings is 1. The minimum Gasteiger partial charge on any atom is -0.368 e. The fourth-order valence-electron chi connectivity index (χ4n) is 5.16. The van der Waals surface area contributed by atoms with Crippen molar-refractivity contribution in [3.05, 3.63) is 72.5 Å². The van der Waals surface area contributed by atoms with Crippen molar-refractivity contribution < 1.29 is 14.0 Å². The summed E-state index contributed by atoms with van der Waals surface area (Å²) in [6.07, 6.45) is 1.55. The van der Waals surface area contributed by atoms with Crippen LogP contribution in [0.3, 0.4) is 0 Å². The first-order valence-corrected chi connectivity index (χ1v) is 12.4. The Kier molecular flexibility index (Phi) is 6.95. The molecule has 0 aliphatic carbocycles. The van der Waals surface area contributed by atoms with E-state index in [-0.39, 0.29) is 23.5 Å². The average molecular weight is 475 g/mol. The van der Waals surface area contributed by atoms with Crippen molar-refractivity contribution in [2.24, 2.45) is 5.92 Å². The Morgan fingerprint density at radius 3 is 2.26 bits per heavy atom. The smallest absolute Gasteiger partial charge is 0.238 e. The van der Waals surface area contributed by atoms with Crippen LogP contribution in [0.4, 0.5) is 15.8 Å². The number of carbonyl (C=O) groups is 2. The highest BCUT2D eigenvalue weighted by molar-refractivity contribution is 6.02. The Balaban J connectivity index is 1.08. The second kappa shape index (κ2) is 10.4. The number of anilines is 2. The summed E-state index contributed by atoms with van der Waals surface area (Å²) in [5.41, 5.74) is 1.83. The highest BCUT2D eigenvalue weighted by atomic mass is 19.1. The second-order valence-corrected chi connectivity index (χ2v) is 9.41. The van der Waals surface area contributed by atoms with Gasteiger partial charge in [0.15, 0.2) is 0 Å². The van der Waals surface area contributed by atoms with Crippen molar-refractivity contribution >= 4 is 34.0 Å². The molecule has 5 rings (SSSR count). The number of likely N-dealkylation sites (tertiary alicyclic amines) is 1. The SMILES string of the molecule is O=C(CN1CCC(C(=O)N2CCN(c3ccc(F)cc3)CC2)CC1)Nc1cccc2ccccc12. The molecule has 2 heterocycles. The molecule has 2 aliphatic heterocycles. The van der Waals surface area contributed by atoms with Crippen molar-refractivity contribution in [3.8, 4) is 0 Å². The Hall–Kier alpha value is -3.45. The van der Waals surface area contributed by atoms with Gasteiger partial charge in [0.05, 0.1) is 6.54 Å². The van der Waals surface area contributed by atoms with Crippen LogP contribution >= 0.6 is 0 Å². The molecule has 0 bridgehead atoms. The quantitative estimate of drug-likeness (QED) is 0.608. The molecular weight excluding hydrogens is 443 g/mol. The molecule has 35 heavy (non-hydrogen) atoms. The number of piperidine rings is 1. The number of fused-ring (bicyclic) bond motifs is 1. The summed E-state index contributed by atoms with van der Waals surface area (Å²) in [7, 11) is 0. The number of nitrogens with one attached hydrogen (secondary N) is 1. The van der Waals surface area contributed by atoms with Crippen molar-refractivity contribution in [2.45, 2.75) is 12.8 Å². The number of hydrogen-bond acceptors (Lipinski definition) is 4. The van der Waals surface area contributed by atoms with Crippen LogP contribution in [0, 0.1) is 11.7 Å². The third-order valence-corrected chi connectivity index (χ3v) is 7.15. The monoisotopic (exact) mass is 474 g/mol. The Labute approximate surface area is 205 Å². The van der Waals surface area contributed by atoms with E-state index in [2.05, 4.69) is 15.1 Å². The fourth-order valence-corrected chi connectivity index (χ4v) is 5.16. The maximum Gasteiger partial charge on any atom is 0.238 e. The predicted octanol–water partition coefficient (Wildman–Crippen LogP) is 3.98. The van der Waals surface area contributed by atoms with E-state index in [1.165, 1.54) is 12.1 Å². The number of rotatable bonds is 5. The highest BCUT2D eigenvalue weighted by Crippen LogP contribution is 2.24. The molecule has 2 aliphatic rings. The largest absolute Gasteiger partial charge is 0.368 e. The number of carbonyl (C=O) groups excluding carboxylic acids is 2. The molecule has 0 unspecified atom stereocenters. The number of halogens is 1. The van der Waals surface area contributed by atoms with Gasteiger partial charge in [0, 0.05) is 48.9 Å². The summed E-state index contributed by atoms with van der Waals surface area (Å²) >= 11 is 0. The lowest BCUT2D eigenvalue weighted by molar-refractivity contribution is -0.137. The first-order valence-electron chi connectivity index (χ1n) is 12.4.